The van der Waals surface area contributed by atoms with E-state index < -0.39 is 18.1 Å². The third-order valence-electron chi connectivity index (χ3n) is 6.26. The Balaban J connectivity index is 1.53. The van der Waals surface area contributed by atoms with Crippen LogP contribution >= 0.6 is 0 Å². The molecule has 0 spiro atoms. The predicted octanol–water partition coefficient (Wildman–Crippen LogP) is 5.07. The summed E-state index contributed by atoms with van der Waals surface area (Å²) >= 11 is 0. The maximum Gasteiger partial charge on any atom is 0.471 e. The minimum atomic E-state index is -4.88. The lowest BCUT2D eigenvalue weighted by molar-refractivity contribution is -0.187. The van der Waals surface area contributed by atoms with Crippen LogP contribution < -0.4 is 14.8 Å². The fraction of sp³-hybridized carbons (Fsp3) is 0.346. The predicted molar refractivity (Wildman–Crippen MR) is 129 cm³/mol. The molecule has 4 rings (SSSR count). The van der Waals surface area contributed by atoms with Gasteiger partial charge >= 0.3 is 12.1 Å². The van der Waals surface area contributed by atoms with Crippen molar-refractivity contribution in [3.05, 3.63) is 48.3 Å². The highest BCUT2D eigenvalue weighted by Crippen LogP contribution is 2.37. The van der Waals surface area contributed by atoms with Crippen molar-refractivity contribution in [3.63, 3.8) is 0 Å². The quantitative estimate of drug-likeness (QED) is 0.478. The SMILES string of the molecule is C#Cc1cccc(Nc2ncnc3cc(OC)c(O[C@H]4CC[C@@H](N(C)C(=O)C(F)(F)F)CC4)cc23)c1. The van der Waals surface area contributed by atoms with Gasteiger partial charge in [-0.2, -0.15) is 13.2 Å². The zero-order chi connectivity index (χ0) is 25.9. The van der Waals surface area contributed by atoms with Gasteiger partial charge in [0.25, 0.3) is 0 Å². The molecule has 7 nitrogen and oxygen atoms in total. The number of carbonyl (C=O) groups is 1. The number of aromatic nitrogens is 2. The molecule has 188 valence electrons. The average Bonchev–Trinajstić information content (AvgIpc) is 2.88. The number of benzene rings is 2. The molecule has 0 saturated heterocycles. The van der Waals surface area contributed by atoms with Crippen LogP contribution in [0.5, 0.6) is 11.5 Å². The number of ether oxygens (including phenoxy) is 2. The second-order valence-electron chi connectivity index (χ2n) is 8.55. The first-order valence-corrected chi connectivity index (χ1v) is 11.4. The van der Waals surface area contributed by atoms with Crippen LogP contribution in [0.1, 0.15) is 31.2 Å². The summed E-state index contributed by atoms with van der Waals surface area (Å²) < 4.78 is 50.1. The van der Waals surface area contributed by atoms with E-state index in [9.17, 15) is 18.0 Å². The van der Waals surface area contributed by atoms with Crippen molar-refractivity contribution in [1.29, 1.82) is 0 Å². The molecular formula is C26H25F3N4O3. The second kappa shape index (κ2) is 10.3. The summed E-state index contributed by atoms with van der Waals surface area (Å²) in [4.78, 5) is 21.1. The Kier molecular flexibility index (Phi) is 7.20. The van der Waals surface area contributed by atoms with Crippen LogP contribution in [0.3, 0.4) is 0 Å². The number of methoxy groups -OCH3 is 1. The van der Waals surface area contributed by atoms with E-state index in [1.807, 2.05) is 24.3 Å². The van der Waals surface area contributed by atoms with Gasteiger partial charge in [-0.15, -0.1) is 6.42 Å². The topological polar surface area (TPSA) is 76.6 Å². The van der Waals surface area contributed by atoms with Gasteiger partial charge in [-0.1, -0.05) is 12.0 Å². The van der Waals surface area contributed by atoms with Crippen molar-refractivity contribution in [3.8, 4) is 23.8 Å². The van der Waals surface area contributed by atoms with Gasteiger partial charge in [-0.3, -0.25) is 4.79 Å². The first kappa shape index (κ1) is 25.1. The highest BCUT2D eigenvalue weighted by Gasteiger charge is 2.43. The summed E-state index contributed by atoms with van der Waals surface area (Å²) in [5, 5.41) is 3.96. The second-order valence-corrected chi connectivity index (χ2v) is 8.55. The number of hydrogen-bond acceptors (Lipinski definition) is 6. The molecule has 1 aliphatic rings. The number of hydrogen-bond donors (Lipinski definition) is 1. The molecule has 1 aliphatic carbocycles. The fourth-order valence-electron chi connectivity index (χ4n) is 4.33. The number of carbonyl (C=O) groups excluding carboxylic acids is 1. The van der Waals surface area contributed by atoms with E-state index in [1.165, 1.54) is 20.5 Å². The lowest BCUT2D eigenvalue weighted by Gasteiger charge is -2.35. The van der Waals surface area contributed by atoms with Crippen LogP contribution in [0, 0.1) is 12.3 Å². The van der Waals surface area contributed by atoms with E-state index in [2.05, 4.69) is 21.2 Å². The molecule has 1 fully saturated rings. The number of nitrogens with zero attached hydrogens (tertiary/aromatic N) is 3. The van der Waals surface area contributed by atoms with E-state index in [4.69, 9.17) is 15.9 Å². The minimum Gasteiger partial charge on any atom is -0.493 e. The smallest absolute Gasteiger partial charge is 0.471 e. The summed E-state index contributed by atoms with van der Waals surface area (Å²) in [6.45, 7) is 0. The van der Waals surface area contributed by atoms with Gasteiger partial charge in [0.2, 0.25) is 0 Å². The van der Waals surface area contributed by atoms with Crippen LogP contribution in [-0.4, -0.2) is 53.3 Å². The van der Waals surface area contributed by atoms with Crippen LogP contribution in [0.15, 0.2) is 42.7 Å². The molecule has 0 radical (unpaired) electrons. The summed E-state index contributed by atoms with van der Waals surface area (Å²) in [5.41, 5.74) is 2.13. The summed E-state index contributed by atoms with van der Waals surface area (Å²) in [6.07, 6.45) is 3.62. The van der Waals surface area contributed by atoms with Crippen molar-refractivity contribution in [2.75, 3.05) is 19.5 Å². The molecule has 1 heterocycles. The van der Waals surface area contributed by atoms with E-state index in [-0.39, 0.29) is 6.10 Å². The zero-order valence-corrected chi connectivity index (χ0v) is 19.8. The third kappa shape index (κ3) is 5.46. The lowest BCUT2D eigenvalue weighted by atomic mass is 9.92. The van der Waals surface area contributed by atoms with E-state index in [0.717, 1.165) is 16.2 Å². The highest BCUT2D eigenvalue weighted by atomic mass is 19.4. The fourth-order valence-corrected chi connectivity index (χ4v) is 4.33. The Morgan fingerprint density at radius 3 is 2.56 bits per heavy atom. The maximum atomic E-state index is 12.8. The zero-order valence-electron chi connectivity index (χ0n) is 19.8. The Morgan fingerprint density at radius 2 is 1.89 bits per heavy atom. The van der Waals surface area contributed by atoms with Gasteiger partial charge in [-0.25, -0.2) is 9.97 Å². The summed E-state index contributed by atoms with van der Waals surface area (Å²) in [7, 11) is 2.72. The molecular weight excluding hydrogens is 473 g/mol. The van der Waals surface area contributed by atoms with Crippen molar-refractivity contribution in [2.24, 2.45) is 0 Å². The average molecular weight is 499 g/mol. The molecule has 36 heavy (non-hydrogen) atoms. The Labute approximate surface area is 206 Å². The van der Waals surface area contributed by atoms with Crippen LogP contribution in [0.2, 0.25) is 0 Å². The molecule has 10 heteroatoms. The number of rotatable bonds is 6. The van der Waals surface area contributed by atoms with Gasteiger partial charge < -0.3 is 19.7 Å². The number of alkyl halides is 3. The van der Waals surface area contributed by atoms with Gasteiger partial charge in [0.15, 0.2) is 11.5 Å². The summed E-state index contributed by atoms with van der Waals surface area (Å²) in [5.74, 6) is 2.28. The molecule has 0 bridgehead atoms. The Morgan fingerprint density at radius 1 is 1.14 bits per heavy atom. The van der Waals surface area contributed by atoms with Gasteiger partial charge in [0.1, 0.15) is 12.1 Å². The summed E-state index contributed by atoms with van der Waals surface area (Å²) in [6, 6.07) is 10.4. The first-order valence-electron chi connectivity index (χ1n) is 11.4. The first-order chi connectivity index (χ1) is 17.2. The molecule has 1 saturated carbocycles. The highest BCUT2D eigenvalue weighted by molar-refractivity contribution is 5.93. The van der Waals surface area contributed by atoms with E-state index >= 15 is 0 Å². The van der Waals surface area contributed by atoms with E-state index in [0.29, 0.717) is 53.9 Å². The third-order valence-corrected chi connectivity index (χ3v) is 6.26. The Bertz CT molecular complexity index is 1300. The number of anilines is 2. The standard InChI is InChI=1S/C26H25F3N4O3/c1-4-16-6-5-7-17(12-16)32-24-20-13-23(22(35-3)14-21(20)30-15-31-24)36-19-10-8-18(9-11-19)33(2)25(34)26(27,28)29/h1,5-7,12-15,18-19H,8-11H2,2-3H3,(H,30,31,32)/t18-,19+. The number of nitrogens with one attached hydrogen (secondary N) is 1. The van der Waals surface area contributed by atoms with Crippen LogP contribution in [0.4, 0.5) is 24.7 Å². The molecule has 0 aliphatic heterocycles. The largest absolute Gasteiger partial charge is 0.493 e. The number of terminal acetylenes is 1. The molecule has 2 aromatic carbocycles. The number of halogens is 3. The van der Waals surface area contributed by atoms with Crippen molar-refractivity contribution in [2.45, 2.75) is 44.0 Å². The molecule has 1 N–H and O–H groups in total. The maximum absolute atomic E-state index is 12.8. The molecule has 1 aromatic heterocycles. The van der Waals surface area contributed by atoms with Gasteiger partial charge in [0, 0.05) is 35.8 Å². The molecule has 1 amide bonds. The van der Waals surface area contributed by atoms with Crippen LogP contribution in [-0.2, 0) is 4.79 Å². The number of amides is 1. The minimum absolute atomic E-state index is 0.240. The van der Waals surface area contributed by atoms with Crippen molar-refractivity contribution >= 4 is 28.3 Å². The van der Waals surface area contributed by atoms with Crippen molar-refractivity contribution < 1.29 is 27.4 Å². The number of fused-ring (bicyclic) bond motifs is 1. The normalized spacial score (nSPS) is 17.8. The van der Waals surface area contributed by atoms with Gasteiger partial charge in [0.05, 0.1) is 18.7 Å². The molecule has 0 unspecified atom stereocenters. The molecule has 0 atom stereocenters. The molecule has 3 aromatic rings. The Hall–Kier alpha value is -4.00. The van der Waals surface area contributed by atoms with Crippen LogP contribution in [0.25, 0.3) is 10.9 Å². The van der Waals surface area contributed by atoms with Crippen molar-refractivity contribution in [1.82, 2.24) is 14.9 Å². The lowest BCUT2D eigenvalue weighted by Crippen LogP contribution is -2.46. The van der Waals surface area contributed by atoms with E-state index in [1.54, 1.807) is 12.1 Å². The van der Waals surface area contributed by atoms with Gasteiger partial charge in [-0.05, 0) is 49.9 Å². The monoisotopic (exact) mass is 498 g/mol.